The van der Waals surface area contributed by atoms with Crippen LogP contribution in [-0.4, -0.2) is 42.0 Å². The van der Waals surface area contributed by atoms with Crippen LogP contribution in [-0.2, 0) is 6.42 Å². The molecule has 25 heavy (non-hydrogen) atoms. The number of nitrogens with two attached hydrogens (primary N) is 1. The molecule has 1 amide bonds. The third-order valence-electron chi connectivity index (χ3n) is 4.53. The predicted molar refractivity (Wildman–Crippen MR) is 96.2 cm³/mol. The number of likely N-dealkylation sites (tertiary alicyclic amines) is 1. The van der Waals surface area contributed by atoms with E-state index in [2.05, 4.69) is 15.2 Å². The third kappa shape index (κ3) is 5.14. The molecule has 134 valence electrons. The number of oxazole rings is 1. The molecular formula is C19H26N4O2. The van der Waals surface area contributed by atoms with Crippen LogP contribution in [0.2, 0.25) is 0 Å². The maximum Gasteiger partial charge on any atom is 0.273 e. The Kier molecular flexibility index (Phi) is 6.19. The highest BCUT2D eigenvalue weighted by molar-refractivity contribution is 5.91. The van der Waals surface area contributed by atoms with Crippen molar-refractivity contribution in [3.8, 4) is 0 Å². The fraction of sp³-hybridized carbons (Fsp3) is 0.474. The largest absolute Gasteiger partial charge is 0.446 e. The molecule has 3 rings (SSSR count). The van der Waals surface area contributed by atoms with Crippen molar-refractivity contribution in [1.29, 1.82) is 0 Å². The lowest BCUT2D eigenvalue weighted by molar-refractivity contribution is 0.0941. The molecule has 6 heteroatoms. The minimum atomic E-state index is -0.364. The molecule has 1 saturated heterocycles. The van der Waals surface area contributed by atoms with Crippen molar-refractivity contribution in [2.75, 3.05) is 26.2 Å². The minimum Gasteiger partial charge on any atom is -0.446 e. The van der Waals surface area contributed by atoms with E-state index >= 15 is 0 Å². The molecule has 1 aromatic carbocycles. The van der Waals surface area contributed by atoms with Gasteiger partial charge < -0.3 is 20.4 Å². The molecule has 0 radical (unpaired) electrons. The summed E-state index contributed by atoms with van der Waals surface area (Å²) in [6, 6.07) is 9.57. The lowest BCUT2D eigenvalue weighted by Crippen LogP contribution is -2.37. The van der Waals surface area contributed by atoms with Crippen LogP contribution in [0.4, 0.5) is 0 Å². The summed E-state index contributed by atoms with van der Waals surface area (Å²) < 4.78 is 5.41. The number of hydrogen-bond acceptors (Lipinski definition) is 5. The molecule has 6 nitrogen and oxygen atoms in total. The normalized spacial score (nSPS) is 16.5. The molecule has 3 N–H and O–H groups in total. The van der Waals surface area contributed by atoms with Gasteiger partial charge in [-0.3, -0.25) is 4.79 Å². The molecule has 0 saturated carbocycles. The number of aromatic nitrogens is 1. The lowest BCUT2D eigenvalue weighted by Gasteiger charge is -2.26. The van der Waals surface area contributed by atoms with Gasteiger partial charge in [0.15, 0.2) is 5.69 Å². The second kappa shape index (κ2) is 8.78. The van der Waals surface area contributed by atoms with Crippen LogP contribution >= 0.6 is 0 Å². The van der Waals surface area contributed by atoms with Gasteiger partial charge in [-0.2, -0.15) is 0 Å². The standard InChI is InChI=1S/C19H26N4O2/c20-16(13-15-7-3-1-4-8-15)19-22-17(14-25-19)18(24)21-9-12-23-10-5-2-6-11-23/h1,3-4,7-8,14,16H,2,5-6,9-13,20H2,(H,21,24). The lowest BCUT2D eigenvalue weighted by atomic mass is 10.1. The Morgan fingerprint density at radius 2 is 2.00 bits per heavy atom. The highest BCUT2D eigenvalue weighted by atomic mass is 16.3. The Bertz CT molecular complexity index is 665. The summed E-state index contributed by atoms with van der Waals surface area (Å²) in [5.41, 5.74) is 7.54. The third-order valence-corrected chi connectivity index (χ3v) is 4.53. The van der Waals surface area contributed by atoms with Crippen LogP contribution in [0, 0.1) is 0 Å². The van der Waals surface area contributed by atoms with E-state index in [1.165, 1.54) is 25.5 Å². The zero-order valence-corrected chi connectivity index (χ0v) is 14.5. The zero-order valence-electron chi connectivity index (χ0n) is 14.5. The highest BCUT2D eigenvalue weighted by Crippen LogP contribution is 2.15. The van der Waals surface area contributed by atoms with Crippen molar-refractivity contribution in [1.82, 2.24) is 15.2 Å². The predicted octanol–water partition coefficient (Wildman–Crippen LogP) is 2.13. The first kappa shape index (κ1) is 17.6. The smallest absolute Gasteiger partial charge is 0.273 e. The Labute approximate surface area is 148 Å². The number of nitrogens with one attached hydrogen (secondary N) is 1. The van der Waals surface area contributed by atoms with Gasteiger partial charge in [0.2, 0.25) is 5.89 Å². The topological polar surface area (TPSA) is 84.4 Å². The molecule has 1 atom stereocenters. The molecule has 0 spiro atoms. The fourth-order valence-corrected chi connectivity index (χ4v) is 3.12. The molecule has 1 aromatic heterocycles. The maximum atomic E-state index is 12.2. The SMILES string of the molecule is NC(Cc1ccccc1)c1nc(C(=O)NCCN2CCCCC2)co1. The maximum absolute atomic E-state index is 12.2. The summed E-state index contributed by atoms with van der Waals surface area (Å²) in [5, 5.41) is 2.90. The Hall–Kier alpha value is -2.18. The van der Waals surface area contributed by atoms with Gasteiger partial charge in [0, 0.05) is 13.1 Å². The van der Waals surface area contributed by atoms with E-state index in [0.29, 0.717) is 18.9 Å². The Morgan fingerprint density at radius 3 is 2.76 bits per heavy atom. The number of carbonyl (C=O) groups excluding carboxylic acids is 1. The molecule has 2 aromatic rings. The Morgan fingerprint density at radius 1 is 1.24 bits per heavy atom. The second-order valence-electron chi connectivity index (χ2n) is 6.53. The minimum absolute atomic E-state index is 0.209. The van der Waals surface area contributed by atoms with Crippen LogP contribution in [0.15, 0.2) is 41.0 Å². The quantitative estimate of drug-likeness (QED) is 0.805. The molecule has 1 aliphatic rings. The van der Waals surface area contributed by atoms with Crippen LogP contribution in [0.5, 0.6) is 0 Å². The number of carbonyl (C=O) groups is 1. The van der Waals surface area contributed by atoms with Crippen molar-refractivity contribution < 1.29 is 9.21 Å². The fourth-order valence-electron chi connectivity index (χ4n) is 3.12. The van der Waals surface area contributed by atoms with Crippen molar-refractivity contribution in [3.05, 3.63) is 53.7 Å². The molecule has 2 heterocycles. The number of piperidine rings is 1. The Balaban J connectivity index is 1.47. The number of nitrogens with zero attached hydrogens (tertiary/aromatic N) is 2. The molecule has 0 aliphatic carbocycles. The van der Waals surface area contributed by atoms with E-state index in [1.54, 1.807) is 0 Å². The van der Waals surface area contributed by atoms with Gasteiger partial charge in [-0.1, -0.05) is 36.8 Å². The van der Waals surface area contributed by atoms with Gasteiger partial charge in [0.25, 0.3) is 5.91 Å². The van der Waals surface area contributed by atoms with Gasteiger partial charge in [0.1, 0.15) is 6.26 Å². The van der Waals surface area contributed by atoms with Gasteiger partial charge in [-0.05, 0) is 37.9 Å². The summed E-state index contributed by atoms with van der Waals surface area (Å²) in [6.45, 7) is 3.75. The zero-order chi connectivity index (χ0) is 17.5. The first-order valence-electron chi connectivity index (χ1n) is 8.98. The first-order valence-corrected chi connectivity index (χ1v) is 8.98. The van der Waals surface area contributed by atoms with Crippen LogP contribution < -0.4 is 11.1 Å². The second-order valence-corrected chi connectivity index (χ2v) is 6.53. The summed E-state index contributed by atoms with van der Waals surface area (Å²) in [7, 11) is 0. The monoisotopic (exact) mass is 342 g/mol. The highest BCUT2D eigenvalue weighted by Gasteiger charge is 2.17. The van der Waals surface area contributed by atoms with Gasteiger partial charge >= 0.3 is 0 Å². The summed E-state index contributed by atoms with van der Waals surface area (Å²) in [4.78, 5) is 18.8. The average molecular weight is 342 g/mol. The van der Waals surface area contributed by atoms with E-state index in [9.17, 15) is 4.79 Å². The molecular weight excluding hydrogens is 316 g/mol. The van der Waals surface area contributed by atoms with Crippen molar-refractivity contribution in [2.45, 2.75) is 31.7 Å². The number of hydrogen-bond donors (Lipinski definition) is 2. The molecule has 1 aliphatic heterocycles. The summed E-state index contributed by atoms with van der Waals surface area (Å²) >= 11 is 0. The number of amides is 1. The van der Waals surface area contributed by atoms with Gasteiger partial charge in [-0.15, -0.1) is 0 Å². The van der Waals surface area contributed by atoms with Crippen LogP contribution in [0.1, 0.15) is 47.2 Å². The van der Waals surface area contributed by atoms with Crippen LogP contribution in [0.25, 0.3) is 0 Å². The van der Waals surface area contributed by atoms with Crippen molar-refractivity contribution in [3.63, 3.8) is 0 Å². The van der Waals surface area contributed by atoms with Crippen LogP contribution in [0.3, 0.4) is 0 Å². The molecule has 1 fully saturated rings. The molecule has 1 unspecified atom stereocenters. The number of benzene rings is 1. The van der Waals surface area contributed by atoms with Gasteiger partial charge in [-0.25, -0.2) is 4.98 Å². The van der Waals surface area contributed by atoms with E-state index < -0.39 is 0 Å². The number of rotatable bonds is 7. The van der Waals surface area contributed by atoms with E-state index in [-0.39, 0.29) is 17.6 Å². The van der Waals surface area contributed by atoms with E-state index in [1.807, 2.05) is 30.3 Å². The average Bonchev–Trinajstić information content (AvgIpc) is 3.14. The van der Waals surface area contributed by atoms with Crippen molar-refractivity contribution in [2.24, 2.45) is 5.73 Å². The summed E-state index contributed by atoms with van der Waals surface area (Å²) in [6.07, 6.45) is 5.82. The summed E-state index contributed by atoms with van der Waals surface area (Å²) in [5.74, 6) is 0.184. The van der Waals surface area contributed by atoms with Gasteiger partial charge in [0.05, 0.1) is 6.04 Å². The van der Waals surface area contributed by atoms with E-state index in [4.69, 9.17) is 10.2 Å². The van der Waals surface area contributed by atoms with E-state index in [0.717, 1.165) is 25.2 Å². The first-order chi connectivity index (χ1) is 12.2. The molecule has 0 bridgehead atoms. The van der Waals surface area contributed by atoms with Crippen molar-refractivity contribution >= 4 is 5.91 Å².